The summed E-state index contributed by atoms with van der Waals surface area (Å²) in [6.45, 7) is 5.75. The van der Waals surface area contributed by atoms with E-state index in [2.05, 4.69) is 17.1 Å². The second-order valence-corrected chi connectivity index (χ2v) is 8.60. The molecule has 0 radical (unpaired) electrons. The van der Waals surface area contributed by atoms with E-state index in [0.29, 0.717) is 16.7 Å². The molecule has 1 amide bonds. The first-order valence-corrected chi connectivity index (χ1v) is 11.6. The Morgan fingerprint density at radius 2 is 1.87 bits per heavy atom. The quantitative estimate of drug-likeness (QED) is 0.373. The molecule has 0 N–H and O–H groups in total. The van der Waals surface area contributed by atoms with Crippen LogP contribution in [0.25, 0.3) is 11.3 Å². The van der Waals surface area contributed by atoms with Gasteiger partial charge in [0.25, 0.3) is 0 Å². The molecule has 0 fully saturated rings. The number of carbonyl (C=O) groups excluding carboxylic acids is 1. The molecule has 7 heteroatoms. The molecule has 3 aromatic rings. The fraction of sp³-hybridized carbons (Fsp3) is 0.333. The predicted octanol–water partition coefficient (Wildman–Crippen LogP) is 5.57. The first-order valence-electron chi connectivity index (χ1n) is 10.6. The maximum atomic E-state index is 12.8. The van der Waals surface area contributed by atoms with Gasteiger partial charge in [0.15, 0.2) is 5.69 Å². The highest BCUT2D eigenvalue weighted by molar-refractivity contribution is 7.99. The van der Waals surface area contributed by atoms with Gasteiger partial charge in [-0.2, -0.15) is 4.98 Å². The Hall–Kier alpha value is -2.93. The number of nitrogens with zero attached hydrogens (tertiary/aromatic N) is 4. The van der Waals surface area contributed by atoms with E-state index in [1.807, 2.05) is 55.5 Å². The van der Waals surface area contributed by atoms with E-state index < -0.39 is 6.23 Å². The number of rotatable bonds is 6. The summed E-state index contributed by atoms with van der Waals surface area (Å²) in [5.74, 6) is 1.22. The SMILES string of the molecule is CCCCCSc1nnc2c(n1)O[C@H](c1ccccc1C)N(C(C)=O)c1ccccc1-2. The van der Waals surface area contributed by atoms with Gasteiger partial charge in [-0.15, -0.1) is 10.2 Å². The van der Waals surface area contributed by atoms with E-state index in [-0.39, 0.29) is 5.91 Å². The molecule has 1 atom stereocenters. The first kappa shape index (κ1) is 21.3. The Morgan fingerprint density at radius 3 is 2.65 bits per heavy atom. The molecule has 0 spiro atoms. The van der Waals surface area contributed by atoms with Crippen LogP contribution in [-0.4, -0.2) is 26.8 Å². The Morgan fingerprint density at radius 1 is 1.10 bits per heavy atom. The monoisotopic (exact) mass is 434 g/mol. The fourth-order valence-electron chi connectivity index (χ4n) is 3.70. The molecule has 1 aliphatic rings. The number of anilines is 1. The molecule has 0 unspecified atom stereocenters. The summed E-state index contributed by atoms with van der Waals surface area (Å²) < 4.78 is 6.43. The zero-order valence-electron chi connectivity index (χ0n) is 18.0. The maximum absolute atomic E-state index is 12.8. The van der Waals surface area contributed by atoms with Gasteiger partial charge in [0, 0.05) is 23.8 Å². The first-order chi connectivity index (χ1) is 15.1. The lowest BCUT2D eigenvalue weighted by atomic mass is 10.0. The molecule has 0 saturated heterocycles. The largest absolute Gasteiger partial charge is 0.447 e. The van der Waals surface area contributed by atoms with E-state index in [4.69, 9.17) is 9.72 Å². The average Bonchev–Trinajstić information content (AvgIpc) is 2.91. The number of ether oxygens (including phenoxy) is 1. The van der Waals surface area contributed by atoms with Crippen LogP contribution in [0.15, 0.2) is 53.7 Å². The second-order valence-electron chi connectivity index (χ2n) is 7.54. The summed E-state index contributed by atoms with van der Waals surface area (Å²) in [4.78, 5) is 19.2. The van der Waals surface area contributed by atoms with Crippen molar-refractivity contribution < 1.29 is 9.53 Å². The van der Waals surface area contributed by atoms with Crippen LogP contribution < -0.4 is 9.64 Å². The van der Waals surface area contributed by atoms with Gasteiger partial charge in [-0.25, -0.2) is 0 Å². The van der Waals surface area contributed by atoms with Crippen LogP contribution in [0.2, 0.25) is 0 Å². The van der Waals surface area contributed by atoms with Gasteiger partial charge in [-0.05, 0) is 25.0 Å². The van der Waals surface area contributed by atoms with Crippen LogP contribution >= 0.6 is 11.8 Å². The number of amides is 1. The van der Waals surface area contributed by atoms with Crippen molar-refractivity contribution in [3.8, 4) is 17.1 Å². The van der Waals surface area contributed by atoms with Gasteiger partial charge in [-0.1, -0.05) is 74.0 Å². The van der Waals surface area contributed by atoms with Crippen LogP contribution in [0.4, 0.5) is 5.69 Å². The highest BCUT2D eigenvalue weighted by Gasteiger charge is 2.35. The average molecular weight is 435 g/mol. The fourth-order valence-corrected chi connectivity index (χ4v) is 4.47. The topological polar surface area (TPSA) is 68.2 Å². The molecule has 6 nitrogen and oxygen atoms in total. The van der Waals surface area contributed by atoms with Crippen LogP contribution in [0.3, 0.4) is 0 Å². The number of carbonyl (C=O) groups is 1. The summed E-state index contributed by atoms with van der Waals surface area (Å²) in [6, 6.07) is 15.6. The van der Waals surface area contributed by atoms with Crippen molar-refractivity contribution in [1.29, 1.82) is 0 Å². The minimum absolute atomic E-state index is 0.115. The number of benzene rings is 2. The molecule has 2 aromatic carbocycles. The number of hydrogen-bond donors (Lipinski definition) is 0. The number of thioether (sulfide) groups is 1. The summed E-state index contributed by atoms with van der Waals surface area (Å²) in [5, 5.41) is 9.39. The molecule has 2 heterocycles. The molecule has 0 bridgehead atoms. The van der Waals surface area contributed by atoms with Gasteiger partial charge in [0.1, 0.15) is 0 Å². The number of unbranched alkanes of at least 4 members (excludes halogenated alkanes) is 2. The van der Waals surface area contributed by atoms with E-state index in [1.165, 1.54) is 12.8 Å². The second kappa shape index (κ2) is 9.47. The van der Waals surface area contributed by atoms with Gasteiger partial charge < -0.3 is 4.74 Å². The molecule has 0 saturated carbocycles. The molecule has 31 heavy (non-hydrogen) atoms. The smallest absolute Gasteiger partial charge is 0.247 e. The van der Waals surface area contributed by atoms with E-state index in [0.717, 1.165) is 34.6 Å². The number of para-hydroxylation sites is 1. The summed E-state index contributed by atoms with van der Waals surface area (Å²) in [7, 11) is 0. The highest BCUT2D eigenvalue weighted by Crippen LogP contribution is 2.43. The minimum atomic E-state index is -0.643. The van der Waals surface area contributed by atoms with Crippen molar-refractivity contribution in [2.45, 2.75) is 51.4 Å². The van der Waals surface area contributed by atoms with Gasteiger partial charge in [0.05, 0.1) is 5.69 Å². The van der Waals surface area contributed by atoms with Crippen molar-refractivity contribution in [2.75, 3.05) is 10.7 Å². The predicted molar refractivity (Wildman–Crippen MR) is 123 cm³/mol. The Bertz CT molecular complexity index is 1090. The van der Waals surface area contributed by atoms with Gasteiger partial charge in [0.2, 0.25) is 23.2 Å². The third-order valence-corrected chi connectivity index (χ3v) is 6.21. The van der Waals surface area contributed by atoms with Crippen molar-refractivity contribution in [2.24, 2.45) is 0 Å². The lowest BCUT2D eigenvalue weighted by Crippen LogP contribution is -2.36. The van der Waals surface area contributed by atoms with Crippen LogP contribution in [0.5, 0.6) is 5.88 Å². The molecular formula is C24H26N4O2S. The lowest BCUT2D eigenvalue weighted by molar-refractivity contribution is -0.118. The number of aromatic nitrogens is 3. The van der Waals surface area contributed by atoms with Gasteiger partial charge in [-0.3, -0.25) is 9.69 Å². The van der Waals surface area contributed by atoms with Crippen LogP contribution in [-0.2, 0) is 4.79 Å². The van der Waals surface area contributed by atoms with E-state index in [1.54, 1.807) is 23.6 Å². The Labute approximate surface area is 187 Å². The molecule has 0 aliphatic carbocycles. The molecule has 4 rings (SSSR count). The summed E-state index contributed by atoms with van der Waals surface area (Å²) >= 11 is 1.58. The standard InChI is InChI=1S/C24H26N4O2S/c1-4-5-10-15-31-24-25-22-21(26-27-24)19-13-8-9-14-20(19)28(17(3)29)23(30-22)18-12-7-6-11-16(18)2/h6-9,11-14,23H,4-5,10,15H2,1-3H3/t23-/m1/s1. The lowest BCUT2D eigenvalue weighted by Gasteiger charge is -2.30. The Kier molecular flexibility index (Phi) is 6.51. The number of hydrogen-bond acceptors (Lipinski definition) is 6. The molecule has 1 aromatic heterocycles. The minimum Gasteiger partial charge on any atom is -0.447 e. The normalized spacial score (nSPS) is 14.9. The van der Waals surface area contributed by atoms with Crippen LogP contribution in [0, 0.1) is 6.92 Å². The zero-order valence-corrected chi connectivity index (χ0v) is 18.9. The van der Waals surface area contributed by atoms with E-state index in [9.17, 15) is 4.79 Å². The maximum Gasteiger partial charge on any atom is 0.247 e. The third-order valence-electron chi connectivity index (χ3n) is 5.28. The van der Waals surface area contributed by atoms with Crippen molar-refractivity contribution in [3.63, 3.8) is 0 Å². The third kappa shape index (κ3) is 4.42. The van der Waals surface area contributed by atoms with Crippen molar-refractivity contribution >= 4 is 23.4 Å². The van der Waals surface area contributed by atoms with Crippen LogP contribution in [0.1, 0.15) is 50.5 Å². The molecule has 160 valence electrons. The summed E-state index contributed by atoms with van der Waals surface area (Å²) in [5.41, 5.74) is 4.02. The Balaban J connectivity index is 1.82. The number of fused-ring (bicyclic) bond motifs is 3. The zero-order chi connectivity index (χ0) is 21.8. The van der Waals surface area contributed by atoms with Crippen molar-refractivity contribution in [1.82, 2.24) is 15.2 Å². The van der Waals surface area contributed by atoms with Gasteiger partial charge >= 0.3 is 0 Å². The van der Waals surface area contributed by atoms with Crippen molar-refractivity contribution in [3.05, 3.63) is 59.7 Å². The summed E-state index contributed by atoms with van der Waals surface area (Å²) in [6.07, 6.45) is 2.81. The highest BCUT2D eigenvalue weighted by atomic mass is 32.2. The van der Waals surface area contributed by atoms with E-state index >= 15 is 0 Å². The molecule has 1 aliphatic heterocycles. The molecular weight excluding hydrogens is 408 g/mol. The number of aryl methyl sites for hydroxylation is 1.